The number of hydrogen-bond acceptors (Lipinski definition) is 1. The summed E-state index contributed by atoms with van der Waals surface area (Å²) in [7, 11) is 2.21. The monoisotopic (exact) mass is 282 g/mol. The van der Waals surface area contributed by atoms with Gasteiger partial charge in [0.25, 0.3) is 0 Å². The molecule has 1 aromatic heterocycles. The molecule has 0 saturated heterocycles. The quantitative estimate of drug-likeness (QED) is 0.828. The van der Waals surface area contributed by atoms with Crippen LogP contribution in [0.25, 0.3) is 0 Å². The Morgan fingerprint density at radius 1 is 1.31 bits per heavy atom. The van der Waals surface area contributed by atoms with Crippen LogP contribution in [0.5, 0.6) is 0 Å². The van der Waals surface area contributed by atoms with Crippen molar-refractivity contribution in [1.82, 2.24) is 4.98 Å². The molecule has 1 aliphatic heterocycles. The van der Waals surface area contributed by atoms with Crippen LogP contribution in [0.4, 0.5) is 5.69 Å². The molecule has 0 bridgehead atoms. The fourth-order valence-corrected chi connectivity index (χ4v) is 4.09. The molecule has 3 heteroatoms. The first-order chi connectivity index (χ1) is 7.77. The maximum atomic E-state index is 3.67. The molecule has 3 rings (SSSR count). The van der Waals surface area contributed by atoms with Crippen LogP contribution in [-0.4, -0.2) is 18.6 Å². The molecular formula is C13H19BrN2. The van der Waals surface area contributed by atoms with E-state index in [-0.39, 0.29) is 0 Å². The lowest BCUT2D eigenvalue weighted by Crippen LogP contribution is -2.22. The summed E-state index contributed by atoms with van der Waals surface area (Å²) in [5.74, 6) is 1.66. The highest BCUT2D eigenvalue weighted by Crippen LogP contribution is 2.47. The molecule has 0 radical (unpaired) electrons. The van der Waals surface area contributed by atoms with Crippen molar-refractivity contribution in [3.8, 4) is 0 Å². The number of nitrogens with one attached hydrogen (secondary N) is 1. The SMILES string of the molecule is CN1CC(C2CCCCC2)c2c1c[nH]c2Br. The van der Waals surface area contributed by atoms with Gasteiger partial charge in [-0.1, -0.05) is 19.3 Å². The number of anilines is 1. The van der Waals surface area contributed by atoms with Crippen LogP contribution in [-0.2, 0) is 0 Å². The van der Waals surface area contributed by atoms with Crippen LogP contribution in [0.15, 0.2) is 10.8 Å². The predicted molar refractivity (Wildman–Crippen MR) is 71.1 cm³/mol. The molecule has 1 atom stereocenters. The van der Waals surface area contributed by atoms with Crippen molar-refractivity contribution >= 4 is 21.6 Å². The topological polar surface area (TPSA) is 19.0 Å². The van der Waals surface area contributed by atoms with Crippen molar-refractivity contribution in [2.75, 3.05) is 18.5 Å². The third kappa shape index (κ3) is 1.60. The molecule has 0 aromatic carbocycles. The zero-order chi connectivity index (χ0) is 11.1. The molecule has 2 nitrogen and oxygen atoms in total. The molecule has 0 amide bonds. The normalized spacial score (nSPS) is 26.1. The van der Waals surface area contributed by atoms with Crippen molar-refractivity contribution < 1.29 is 0 Å². The average Bonchev–Trinajstić information content (AvgIpc) is 2.83. The van der Waals surface area contributed by atoms with Gasteiger partial charge in [-0.05, 0) is 34.7 Å². The lowest BCUT2D eigenvalue weighted by Gasteiger charge is -2.28. The fourth-order valence-electron chi connectivity index (χ4n) is 3.47. The minimum Gasteiger partial charge on any atom is -0.372 e. The van der Waals surface area contributed by atoms with E-state index in [9.17, 15) is 0 Å². The number of halogens is 1. The van der Waals surface area contributed by atoms with Gasteiger partial charge in [0, 0.05) is 31.3 Å². The van der Waals surface area contributed by atoms with Gasteiger partial charge in [-0.3, -0.25) is 0 Å². The second kappa shape index (κ2) is 4.10. The number of rotatable bonds is 1. The molecular weight excluding hydrogens is 264 g/mol. The lowest BCUT2D eigenvalue weighted by molar-refractivity contribution is 0.312. The Morgan fingerprint density at radius 2 is 2.06 bits per heavy atom. The number of likely N-dealkylation sites (N-methyl/N-ethyl adjacent to an activating group) is 1. The first kappa shape index (κ1) is 10.7. The van der Waals surface area contributed by atoms with Crippen LogP contribution in [0.3, 0.4) is 0 Å². The van der Waals surface area contributed by atoms with E-state index >= 15 is 0 Å². The zero-order valence-electron chi connectivity index (χ0n) is 9.80. The van der Waals surface area contributed by atoms with Gasteiger partial charge in [-0.2, -0.15) is 0 Å². The Labute approximate surface area is 106 Å². The summed E-state index contributed by atoms with van der Waals surface area (Å²) < 4.78 is 1.21. The Balaban J connectivity index is 1.89. The van der Waals surface area contributed by atoms with E-state index in [2.05, 4.69) is 39.1 Å². The average molecular weight is 283 g/mol. The van der Waals surface area contributed by atoms with Gasteiger partial charge >= 0.3 is 0 Å². The summed E-state index contributed by atoms with van der Waals surface area (Å²) >= 11 is 3.67. The molecule has 1 unspecified atom stereocenters. The molecule has 88 valence electrons. The standard InChI is InChI=1S/C13H19BrN2/c1-16-8-10(9-5-3-2-4-6-9)12-11(16)7-15-13(12)14/h7,9-10,15H,2-6,8H2,1H3. The number of H-pyrrole nitrogens is 1. The molecule has 1 N–H and O–H groups in total. The second-order valence-electron chi connectivity index (χ2n) is 5.29. The fraction of sp³-hybridized carbons (Fsp3) is 0.692. The molecule has 1 fully saturated rings. The second-order valence-corrected chi connectivity index (χ2v) is 6.08. The molecule has 2 aliphatic rings. The zero-order valence-corrected chi connectivity index (χ0v) is 11.4. The van der Waals surface area contributed by atoms with Crippen LogP contribution in [0.1, 0.15) is 43.6 Å². The smallest absolute Gasteiger partial charge is 0.0877 e. The maximum absolute atomic E-state index is 3.67. The minimum absolute atomic E-state index is 0.751. The Kier molecular flexibility index (Phi) is 2.74. The third-order valence-electron chi connectivity index (χ3n) is 4.32. The van der Waals surface area contributed by atoms with E-state index in [1.807, 2.05) is 0 Å². The van der Waals surface area contributed by atoms with Crippen molar-refractivity contribution in [3.05, 3.63) is 16.4 Å². The van der Waals surface area contributed by atoms with Crippen molar-refractivity contribution in [2.24, 2.45) is 5.92 Å². The molecule has 1 saturated carbocycles. The number of nitrogens with zero attached hydrogens (tertiary/aromatic N) is 1. The summed E-state index contributed by atoms with van der Waals surface area (Å²) in [4.78, 5) is 5.71. The lowest BCUT2D eigenvalue weighted by atomic mass is 9.78. The van der Waals surface area contributed by atoms with Gasteiger partial charge in [-0.25, -0.2) is 0 Å². The Morgan fingerprint density at radius 3 is 2.81 bits per heavy atom. The van der Waals surface area contributed by atoms with Crippen LogP contribution in [0.2, 0.25) is 0 Å². The number of aromatic nitrogens is 1. The van der Waals surface area contributed by atoms with Crippen LogP contribution in [0, 0.1) is 5.92 Å². The van der Waals surface area contributed by atoms with Crippen molar-refractivity contribution in [2.45, 2.75) is 38.0 Å². The first-order valence-electron chi connectivity index (χ1n) is 6.35. The molecule has 1 aliphatic carbocycles. The molecule has 2 heterocycles. The van der Waals surface area contributed by atoms with Crippen molar-refractivity contribution in [1.29, 1.82) is 0 Å². The van der Waals surface area contributed by atoms with E-state index in [0.29, 0.717) is 0 Å². The van der Waals surface area contributed by atoms with Crippen LogP contribution >= 0.6 is 15.9 Å². The van der Waals surface area contributed by atoms with Gasteiger partial charge in [0.15, 0.2) is 0 Å². The van der Waals surface area contributed by atoms with Crippen molar-refractivity contribution in [3.63, 3.8) is 0 Å². The largest absolute Gasteiger partial charge is 0.372 e. The number of hydrogen-bond donors (Lipinski definition) is 1. The van der Waals surface area contributed by atoms with Gasteiger partial charge < -0.3 is 9.88 Å². The van der Waals surface area contributed by atoms with E-state index < -0.39 is 0 Å². The third-order valence-corrected chi connectivity index (χ3v) is 4.98. The maximum Gasteiger partial charge on any atom is 0.0877 e. The summed E-state index contributed by atoms with van der Waals surface area (Å²) in [5, 5.41) is 0. The van der Waals surface area contributed by atoms with E-state index in [1.54, 1.807) is 0 Å². The Hall–Kier alpha value is -0.440. The van der Waals surface area contributed by atoms with E-state index in [0.717, 1.165) is 11.8 Å². The first-order valence-corrected chi connectivity index (χ1v) is 7.14. The van der Waals surface area contributed by atoms with Gasteiger partial charge in [0.2, 0.25) is 0 Å². The summed E-state index contributed by atoms with van der Waals surface area (Å²) in [6.07, 6.45) is 9.30. The molecule has 1 aromatic rings. The number of aromatic amines is 1. The highest BCUT2D eigenvalue weighted by Gasteiger charge is 2.35. The summed E-state index contributed by atoms with van der Waals surface area (Å²) in [5.41, 5.74) is 2.94. The van der Waals surface area contributed by atoms with Gasteiger partial charge in [0.05, 0.1) is 10.3 Å². The highest BCUT2D eigenvalue weighted by atomic mass is 79.9. The molecule has 0 spiro atoms. The summed E-state index contributed by atoms with van der Waals surface area (Å²) in [6.45, 7) is 1.21. The van der Waals surface area contributed by atoms with Crippen LogP contribution < -0.4 is 4.90 Å². The molecule has 16 heavy (non-hydrogen) atoms. The van der Waals surface area contributed by atoms with E-state index in [4.69, 9.17) is 0 Å². The van der Waals surface area contributed by atoms with Gasteiger partial charge in [0.1, 0.15) is 0 Å². The Bertz CT molecular complexity index is 379. The summed E-state index contributed by atoms with van der Waals surface area (Å²) in [6, 6.07) is 0. The highest BCUT2D eigenvalue weighted by molar-refractivity contribution is 9.10. The van der Waals surface area contributed by atoms with E-state index in [1.165, 1.54) is 54.5 Å². The predicted octanol–water partition coefficient (Wildman–Crippen LogP) is 3.89. The van der Waals surface area contributed by atoms with Gasteiger partial charge in [-0.15, -0.1) is 0 Å². The minimum atomic E-state index is 0.751. The number of fused-ring (bicyclic) bond motifs is 1.